The van der Waals surface area contributed by atoms with Gasteiger partial charge >= 0.3 is 5.97 Å². The number of ether oxygens (including phenoxy) is 1. The predicted octanol–water partition coefficient (Wildman–Crippen LogP) is 1.81. The maximum atomic E-state index is 12.3. The lowest BCUT2D eigenvalue weighted by Gasteiger charge is -2.29. The number of hydrogen-bond acceptors (Lipinski definition) is 3. The minimum absolute atomic E-state index is 0.0189. The summed E-state index contributed by atoms with van der Waals surface area (Å²) in [6.07, 6.45) is 3.67. The number of carboxylic acid groups (broad SMARTS) is 1. The number of aliphatic carboxylic acids is 1. The quantitative estimate of drug-likeness (QED) is 0.825. The summed E-state index contributed by atoms with van der Waals surface area (Å²) in [5.41, 5.74) is 0. The maximum Gasteiger partial charge on any atom is 0.306 e. The molecular weight excluding hydrogens is 258 g/mol. The number of carbonyl (C=O) groups is 2. The molecule has 20 heavy (non-hydrogen) atoms. The van der Waals surface area contributed by atoms with Gasteiger partial charge in [0.2, 0.25) is 5.91 Å². The first-order valence-corrected chi connectivity index (χ1v) is 7.63. The Morgan fingerprint density at radius 1 is 1.15 bits per heavy atom. The van der Waals surface area contributed by atoms with Crippen molar-refractivity contribution in [2.75, 3.05) is 6.61 Å². The second-order valence-corrected chi connectivity index (χ2v) is 6.37. The average Bonchev–Trinajstić information content (AvgIpc) is 2.88. The van der Waals surface area contributed by atoms with Crippen molar-refractivity contribution in [1.29, 1.82) is 0 Å². The fraction of sp³-hybridized carbons (Fsp3) is 0.867. The Labute approximate surface area is 120 Å². The van der Waals surface area contributed by atoms with Crippen molar-refractivity contribution < 1.29 is 19.4 Å². The number of carbonyl (C=O) groups excluding carboxylic acids is 1. The van der Waals surface area contributed by atoms with Crippen molar-refractivity contribution >= 4 is 11.9 Å². The summed E-state index contributed by atoms with van der Waals surface area (Å²) >= 11 is 0. The molecule has 1 aliphatic carbocycles. The standard InChI is InChI=1S/C15H25NO4/c1-9(2)13-12(7-8-20-13)14(17)16-11-5-3-10(4-6-11)15(18)19/h9-13H,3-8H2,1-2H3,(H,16,17)(H,18,19). The Kier molecular flexibility index (Phi) is 5.02. The summed E-state index contributed by atoms with van der Waals surface area (Å²) in [6.45, 7) is 4.81. The van der Waals surface area contributed by atoms with Gasteiger partial charge in [-0.05, 0) is 38.0 Å². The molecule has 114 valence electrons. The van der Waals surface area contributed by atoms with E-state index in [-0.39, 0.29) is 29.9 Å². The van der Waals surface area contributed by atoms with Gasteiger partial charge in [-0.2, -0.15) is 0 Å². The molecule has 0 spiro atoms. The molecule has 2 atom stereocenters. The Morgan fingerprint density at radius 3 is 2.35 bits per heavy atom. The Morgan fingerprint density at radius 2 is 1.80 bits per heavy atom. The third-order valence-corrected chi connectivity index (χ3v) is 4.55. The molecule has 0 aromatic heterocycles. The Balaban J connectivity index is 1.82. The van der Waals surface area contributed by atoms with Gasteiger partial charge < -0.3 is 15.2 Å². The van der Waals surface area contributed by atoms with E-state index in [4.69, 9.17) is 9.84 Å². The van der Waals surface area contributed by atoms with Gasteiger partial charge in [-0.3, -0.25) is 9.59 Å². The highest BCUT2D eigenvalue weighted by atomic mass is 16.5. The van der Waals surface area contributed by atoms with Crippen molar-refractivity contribution in [3.8, 4) is 0 Å². The zero-order valence-electron chi connectivity index (χ0n) is 12.3. The summed E-state index contributed by atoms with van der Waals surface area (Å²) in [5.74, 6) is -0.566. The van der Waals surface area contributed by atoms with Crippen LogP contribution in [0.3, 0.4) is 0 Å². The van der Waals surface area contributed by atoms with Gasteiger partial charge in [0, 0.05) is 12.6 Å². The van der Waals surface area contributed by atoms with E-state index in [1.54, 1.807) is 0 Å². The second kappa shape index (κ2) is 6.57. The van der Waals surface area contributed by atoms with Crippen LogP contribution in [0.5, 0.6) is 0 Å². The van der Waals surface area contributed by atoms with E-state index in [0.29, 0.717) is 25.4 Å². The number of nitrogens with one attached hydrogen (secondary N) is 1. The van der Waals surface area contributed by atoms with Gasteiger partial charge in [-0.15, -0.1) is 0 Å². The SMILES string of the molecule is CC(C)C1OCCC1C(=O)NC1CCC(C(=O)O)CC1. The van der Waals surface area contributed by atoms with Gasteiger partial charge in [0.25, 0.3) is 0 Å². The smallest absolute Gasteiger partial charge is 0.306 e. The van der Waals surface area contributed by atoms with Gasteiger partial charge in [0.1, 0.15) is 0 Å². The summed E-state index contributed by atoms with van der Waals surface area (Å²) in [4.78, 5) is 23.2. The minimum atomic E-state index is -0.709. The van der Waals surface area contributed by atoms with E-state index >= 15 is 0 Å². The van der Waals surface area contributed by atoms with Gasteiger partial charge in [0.15, 0.2) is 0 Å². The van der Waals surface area contributed by atoms with Crippen molar-refractivity contribution in [3.05, 3.63) is 0 Å². The molecule has 0 bridgehead atoms. The van der Waals surface area contributed by atoms with Crippen LogP contribution in [-0.2, 0) is 14.3 Å². The van der Waals surface area contributed by atoms with Crippen LogP contribution in [0.2, 0.25) is 0 Å². The fourth-order valence-corrected chi connectivity index (χ4v) is 3.34. The topological polar surface area (TPSA) is 75.6 Å². The van der Waals surface area contributed by atoms with Crippen molar-refractivity contribution in [2.45, 2.75) is 58.1 Å². The predicted molar refractivity (Wildman–Crippen MR) is 74.2 cm³/mol. The monoisotopic (exact) mass is 283 g/mol. The molecular formula is C15H25NO4. The maximum absolute atomic E-state index is 12.3. The van der Waals surface area contributed by atoms with Crippen LogP contribution in [-0.4, -0.2) is 35.7 Å². The largest absolute Gasteiger partial charge is 0.481 e. The molecule has 1 saturated carbocycles. The van der Waals surface area contributed by atoms with E-state index in [9.17, 15) is 9.59 Å². The molecule has 1 amide bonds. The molecule has 0 radical (unpaired) electrons. The van der Waals surface area contributed by atoms with Crippen molar-refractivity contribution in [2.24, 2.45) is 17.8 Å². The molecule has 0 aromatic carbocycles. The molecule has 1 aliphatic heterocycles. The molecule has 2 fully saturated rings. The number of hydrogen-bond donors (Lipinski definition) is 2. The van der Waals surface area contributed by atoms with Gasteiger partial charge in [-0.25, -0.2) is 0 Å². The highest BCUT2D eigenvalue weighted by molar-refractivity contribution is 5.80. The van der Waals surface area contributed by atoms with E-state index in [2.05, 4.69) is 19.2 Å². The molecule has 0 aromatic rings. The highest BCUT2D eigenvalue weighted by Gasteiger charge is 2.37. The first-order chi connectivity index (χ1) is 9.49. The molecule has 5 heteroatoms. The zero-order valence-corrected chi connectivity index (χ0v) is 12.3. The molecule has 1 saturated heterocycles. The third-order valence-electron chi connectivity index (χ3n) is 4.55. The summed E-state index contributed by atoms with van der Waals surface area (Å²) < 4.78 is 5.65. The molecule has 2 rings (SSSR count). The van der Waals surface area contributed by atoms with Crippen LogP contribution >= 0.6 is 0 Å². The van der Waals surface area contributed by atoms with E-state index in [1.807, 2.05) is 0 Å². The lowest BCUT2D eigenvalue weighted by Crippen LogP contribution is -2.44. The number of rotatable bonds is 4. The first-order valence-electron chi connectivity index (χ1n) is 7.63. The zero-order chi connectivity index (χ0) is 14.7. The van der Waals surface area contributed by atoms with Gasteiger partial charge in [-0.1, -0.05) is 13.8 Å². The molecule has 2 unspecified atom stereocenters. The van der Waals surface area contributed by atoms with Crippen LogP contribution in [0.4, 0.5) is 0 Å². The normalized spacial score (nSPS) is 34.1. The van der Waals surface area contributed by atoms with Gasteiger partial charge in [0.05, 0.1) is 17.9 Å². The average molecular weight is 283 g/mol. The number of amides is 1. The fourth-order valence-electron chi connectivity index (χ4n) is 3.34. The summed E-state index contributed by atoms with van der Waals surface area (Å²) in [5, 5.41) is 12.1. The second-order valence-electron chi connectivity index (χ2n) is 6.37. The van der Waals surface area contributed by atoms with Crippen molar-refractivity contribution in [3.63, 3.8) is 0 Å². The Bertz CT molecular complexity index is 361. The Hall–Kier alpha value is -1.10. The van der Waals surface area contributed by atoms with Crippen LogP contribution in [0.25, 0.3) is 0 Å². The minimum Gasteiger partial charge on any atom is -0.481 e. The highest BCUT2D eigenvalue weighted by Crippen LogP contribution is 2.29. The first kappa shape index (κ1) is 15.3. The van der Waals surface area contributed by atoms with E-state index in [1.165, 1.54) is 0 Å². The van der Waals surface area contributed by atoms with Crippen LogP contribution < -0.4 is 5.32 Å². The van der Waals surface area contributed by atoms with Crippen LogP contribution in [0.15, 0.2) is 0 Å². The van der Waals surface area contributed by atoms with Crippen molar-refractivity contribution in [1.82, 2.24) is 5.32 Å². The molecule has 2 aliphatic rings. The molecule has 1 heterocycles. The third kappa shape index (κ3) is 3.51. The molecule has 2 N–H and O–H groups in total. The van der Waals surface area contributed by atoms with Crippen LogP contribution in [0.1, 0.15) is 46.0 Å². The summed E-state index contributed by atoms with van der Waals surface area (Å²) in [6, 6.07) is 0.131. The number of carboxylic acids is 1. The lowest BCUT2D eigenvalue weighted by molar-refractivity contribution is -0.142. The van der Waals surface area contributed by atoms with E-state index in [0.717, 1.165) is 19.3 Å². The van der Waals surface area contributed by atoms with E-state index < -0.39 is 5.97 Å². The molecule has 5 nitrogen and oxygen atoms in total. The summed E-state index contributed by atoms with van der Waals surface area (Å²) in [7, 11) is 0. The lowest BCUT2D eigenvalue weighted by atomic mass is 9.85. The van der Waals surface area contributed by atoms with Crippen LogP contribution in [0, 0.1) is 17.8 Å².